The summed E-state index contributed by atoms with van der Waals surface area (Å²) >= 11 is 0. The van der Waals surface area contributed by atoms with Crippen LogP contribution >= 0.6 is 0 Å². The highest BCUT2D eigenvalue weighted by Crippen LogP contribution is 2.20. The van der Waals surface area contributed by atoms with E-state index in [4.69, 9.17) is 0 Å². The third-order valence-corrected chi connectivity index (χ3v) is 4.70. The lowest BCUT2D eigenvalue weighted by molar-refractivity contribution is 0.102. The number of rotatable bonds is 4. The van der Waals surface area contributed by atoms with Crippen LogP contribution in [0.3, 0.4) is 0 Å². The fraction of sp³-hybridized carbons (Fsp3) is 0.143. The number of fused-ring (bicyclic) bond motifs is 1. The number of amides is 1. The van der Waals surface area contributed by atoms with Gasteiger partial charge in [-0.25, -0.2) is 9.67 Å². The molecule has 0 aliphatic carbocycles. The van der Waals surface area contributed by atoms with E-state index in [1.807, 2.05) is 42.0 Å². The average Bonchev–Trinajstić information content (AvgIpc) is 3.10. The molecule has 1 N–H and O–H groups in total. The average molecular weight is 373 g/mol. The minimum Gasteiger partial charge on any atom is -0.331 e. The molecule has 28 heavy (non-hydrogen) atoms. The highest BCUT2D eigenvalue weighted by Gasteiger charge is 2.17. The van der Waals surface area contributed by atoms with Crippen LogP contribution in [0.15, 0.2) is 65.7 Å². The first-order valence-corrected chi connectivity index (χ1v) is 8.87. The molecule has 2 aromatic heterocycles. The summed E-state index contributed by atoms with van der Waals surface area (Å²) in [4.78, 5) is 29.5. The summed E-state index contributed by atoms with van der Waals surface area (Å²) in [5.74, 6) is 0.536. The lowest BCUT2D eigenvalue weighted by atomic mass is 10.1. The topological polar surface area (TPSA) is 81.8 Å². The van der Waals surface area contributed by atoms with Crippen molar-refractivity contribution in [2.75, 3.05) is 5.32 Å². The molecule has 0 fully saturated rings. The maximum absolute atomic E-state index is 13.0. The number of nitrogens with zero attached hydrogens (tertiary/aromatic N) is 4. The Labute approximate surface area is 161 Å². The van der Waals surface area contributed by atoms with Crippen molar-refractivity contribution in [3.8, 4) is 0 Å². The monoisotopic (exact) mass is 373 g/mol. The van der Waals surface area contributed by atoms with E-state index < -0.39 is 0 Å². The second kappa shape index (κ2) is 7.11. The van der Waals surface area contributed by atoms with Gasteiger partial charge in [0.2, 0.25) is 0 Å². The second-order valence-electron chi connectivity index (χ2n) is 6.54. The van der Waals surface area contributed by atoms with Crippen molar-refractivity contribution in [2.24, 2.45) is 7.05 Å². The molecule has 4 aromatic rings. The van der Waals surface area contributed by atoms with Crippen molar-refractivity contribution in [3.05, 3.63) is 88.4 Å². The zero-order valence-corrected chi connectivity index (χ0v) is 15.6. The highest BCUT2D eigenvalue weighted by atomic mass is 16.2. The predicted molar refractivity (Wildman–Crippen MR) is 107 cm³/mol. The first-order chi connectivity index (χ1) is 13.5. The van der Waals surface area contributed by atoms with Crippen molar-refractivity contribution in [2.45, 2.75) is 13.5 Å². The highest BCUT2D eigenvalue weighted by molar-refractivity contribution is 6.11. The summed E-state index contributed by atoms with van der Waals surface area (Å²) in [5.41, 5.74) is 1.63. The van der Waals surface area contributed by atoms with E-state index in [1.165, 1.54) is 4.68 Å². The van der Waals surface area contributed by atoms with Gasteiger partial charge in [0.1, 0.15) is 5.82 Å². The van der Waals surface area contributed by atoms with Crippen molar-refractivity contribution >= 4 is 22.4 Å². The standard InChI is InChI=1S/C21H19N5O2/c1-14-22-11-12-26(14)13-15-7-3-6-10-18(15)23-20(27)19-16-8-4-5-9-17(16)21(28)25(2)24-19/h3-12H,13H2,1-2H3,(H,23,27). The lowest BCUT2D eigenvalue weighted by Gasteiger charge is -2.13. The molecule has 140 valence electrons. The summed E-state index contributed by atoms with van der Waals surface area (Å²) in [6.07, 6.45) is 3.65. The van der Waals surface area contributed by atoms with Gasteiger partial charge < -0.3 is 9.88 Å². The largest absolute Gasteiger partial charge is 0.331 e. The molecule has 1 amide bonds. The van der Waals surface area contributed by atoms with Crippen LogP contribution in [-0.4, -0.2) is 25.2 Å². The minimum atomic E-state index is -0.360. The van der Waals surface area contributed by atoms with Gasteiger partial charge in [0.15, 0.2) is 5.69 Å². The van der Waals surface area contributed by atoms with Crippen LogP contribution in [0.5, 0.6) is 0 Å². The lowest BCUT2D eigenvalue weighted by Crippen LogP contribution is -2.25. The van der Waals surface area contributed by atoms with E-state index in [1.54, 1.807) is 37.5 Å². The molecule has 0 bridgehead atoms. The minimum absolute atomic E-state index is 0.214. The molecule has 0 radical (unpaired) electrons. The molecule has 0 unspecified atom stereocenters. The van der Waals surface area contributed by atoms with Crippen LogP contribution in [0, 0.1) is 6.92 Å². The molecule has 0 saturated heterocycles. The van der Waals surface area contributed by atoms with E-state index in [-0.39, 0.29) is 17.2 Å². The number of benzene rings is 2. The van der Waals surface area contributed by atoms with Crippen LogP contribution in [0.1, 0.15) is 21.9 Å². The maximum atomic E-state index is 13.0. The van der Waals surface area contributed by atoms with E-state index in [9.17, 15) is 9.59 Å². The smallest absolute Gasteiger partial charge is 0.276 e. The van der Waals surface area contributed by atoms with Gasteiger partial charge in [0, 0.05) is 30.5 Å². The number of nitrogens with one attached hydrogen (secondary N) is 1. The number of imidazole rings is 1. The van der Waals surface area contributed by atoms with Gasteiger partial charge >= 0.3 is 0 Å². The SMILES string of the molecule is Cc1nccn1Cc1ccccc1NC(=O)c1nn(C)c(=O)c2ccccc12. The summed E-state index contributed by atoms with van der Waals surface area (Å²) < 4.78 is 3.20. The molecule has 0 saturated carbocycles. The number of aromatic nitrogens is 4. The molecule has 0 atom stereocenters. The van der Waals surface area contributed by atoms with Crippen LogP contribution < -0.4 is 10.9 Å². The number of aryl methyl sites for hydroxylation is 2. The third kappa shape index (κ3) is 3.18. The van der Waals surface area contributed by atoms with E-state index in [2.05, 4.69) is 15.4 Å². The Morgan fingerprint density at radius 2 is 1.79 bits per heavy atom. The zero-order valence-electron chi connectivity index (χ0n) is 15.6. The Morgan fingerprint density at radius 3 is 2.54 bits per heavy atom. The Hall–Kier alpha value is -3.74. The molecular weight excluding hydrogens is 354 g/mol. The molecule has 2 aromatic carbocycles. The second-order valence-corrected chi connectivity index (χ2v) is 6.54. The molecule has 4 rings (SSSR count). The van der Waals surface area contributed by atoms with Crippen molar-refractivity contribution in [1.29, 1.82) is 0 Å². The Balaban J connectivity index is 1.71. The Kier molecular flexibility index (Phi) is 4.49. The number of hydrogen-bond acceptors (Lipinski definition) is 4. The first kappa shape index (κ1) is 17.7. The van der Waals surface area contributed by atoms with Crippen LogP contribution in [-0.2, 0) is 13.6 Å². The first-order valence-electron chi connectivity index (χ1n) is 8.87. The number of hydrogen-bond donors (Lipinski definition) is 1. The number of carbonyl (C=O) groups is 1. The molecule has 7 heteroatoms. The van der Waals surface area contributed by atoms with Gasteiger partial charge in [0.25, 0.3) is 11.5 Å². The van der Waals surface area contributed by atoms with Crippen molar-refractivity contribution < 1.29 is 4.79 Å². The van der Waals surface area contributed by atoms with Gasteiger partial charge in [-0.2, -0.15) is 5.10 Å². The van der Waals surface area contributed by atoms with Gasteiger partial charge in [0.05, 0.1) is 11.9 Å². The van der Waals surface area contributed by atoms with Crippen LogP contribution in [0.2, 0.25) is 0 Å². The third-order valence-electron chi connectivity index (χ3n) is 4.70. The molecule has 0 spiro atoms. The van der Waals surface area contributed by atoms with Crippen molar-refractivity contribution in [3.63, 3.8) is 0 Å². The summed E-state index contributed by atoms with van der Waals surface area (Å²) in [7, 11) is 1.54. The fourth-order valence-corrected chi connectivity index (χ4v) is 3.18. The molecule has 0 aliphatic heterocycles. The normalized spacial score (nSPS) is 10.9. The van der Waals surface area contributed by atoms with Gasteiger partial charge in [-0.15, -0.1) is 0 Å². The number of para-hydroxylation sites is 1. The Morgan fingerprint density at radius 1 is 1.07 bits per heavy atom. The molecule has 7 nitrogen and oxygen atoms in total. The maximum Gasteiger partial charge on any atom is 0.276 e. The number of anilines is 1. The van der Waals surface area contributed by atoms with E-state index in [0.29, 0.717) is 23.0 Å². The van der Waals surface area contributed by atoms with E-state index in [0.717, 1.165) is 11.4 Å². The summed E-state index contributed by atoms with van der Waals surface area (Å²) in [5, 5.41) is 8.14. The predicted octanol–water partition coefficient (Wildman–Crippen LogP) is 2.74. The summed E-state index contributed by atoms with van der Waals surface area (Å²) in [6, 6.07) is 14.6. The quantitative estimate of drug-likeness (QED) is 0.596. The van der Waals surface area contributed by atoms with Crippen LogP contribution in [0.25, 0.3) is 10.8 Å². The molecule has 0 aliphatic rings. The number of carbonyl (C=O) groups excluding carboxylic acids is 1. The van der Waals surface area contributed by atoms with Gasteiger partial charge in [-0.05, 0) is 24.6 Å². The Bertz CT molecular complexity index is 1240. The van der Waals surface area contributed by atoms with E-state index >= 15 is 0 Å². The molecular formula is C21H19N5O2. The van der Waals surface area contributed by atoms with Gasteiger partial charge in [-0.1, -0.05) is 36.4 Å². The molecule has 2 heterocycles. The van der Waals surface area contributed by atoms with Crippen LogP contribution in [0.4, 0.5) is 5.69 Å². The summed E-state index contributed by atoms with van der Waals surface area (Å²) in [6.45, 7) is 2.52. The fourth-order valence-electron chi connectivity index (χ4n) is 3.18. The zero-order chi connectivity index (χ0) is 19.7. The van der Waals surface area contributed by atoms with Crippen molar-refractivity contribution in [1.82, 2.24) is 19.3 Å². The van der Waals surface area contributed by atoms with Gasteiger partial charge in [-0.3, -0.25) is 9.59 Å².